The molecule has 2 aliphatic rings. The minimum absolute atomic E-state index is 0.0660. The molecule has 1 saturated heterocycles. The van der Waals surface area contributed by atoms with Crippen LogP contribution in [0.3, 0.4) is 0 Å². The summed E-state index contributed by atoms with van der Waals surface area (Å²) >= 11 is 0. The molecule has 0 unspecified atom stereocenters. The predicted octanol–water partition coefficient (Wildman–Crippen LogP) is 1.92. The predicted molar refractivity (Wildman–Crippen MR) is 80.2 cm³/mol. The molecule has 0 saturated carbocycles. The van der Waals surface area contributed by atoms with E-state index in [1.807, 2.05) is 29.6 Å². The Morgan fingerprint density at radius 3 is 2.58 bits per heavy atom. The minimum atomic E-state index is -4.43. The summed E-state index contributed by atoms with van der Waals surface area (Å²) in [6.45, 7) is -0.760. The van der Waals surface area contributed by atoms with Crippen LogP contribution >= 0.6 is 0 Å². The van der Waals surface area contributed by atoms with Gasteiger partial charge in [0.05, 0.1) is 12.0 Å². The van der Waals surface area contributed by atoms with Crippen molar-refractivity contribution in [1.29, 1.82) is 0 Å². The highest BCUT2D eigenvalue weighted by Gasteiger charge is 2.42. The first-order valence-electron chi connectivity index (χ1n) is 7.78. The van der Waals surface area contributed by atoms with E-state index in [2.05, 4.69) is 5.32 Å². The van der Waals surface area contributed by atoms with Crippen molar-refractivity contribution >= 4 is 11.9 Å². The summed E-state index contributed by atoms with van der Waals surface area (Å²) in [5.41, 5.74) is 1.48. The van der Waals surface area contributed by atoms with Gasteiger partial charge in [-0.25, -0.2) is 4.79 Å². The lowest BCUT2D eigenvalue weighted by Crippen LogP contribution is -2.58. The third-order valence-corrected chi connectivity index (χ3v) is 4.61. The topological polar surface area (TPSA) is 61.4 Å². The highest BCUT2D eigenvalue weighted by atomic mass is 19.4. The molecular formula is C16H18F3N3O2. The van der Waals surface area contributed by atoms with E-state index in [1.165, 1.54) is 4.90 Å². The van der Waals surface area contributed by atoms with Crippen molar-refractivity contribution in [3.8, 4) is 0 Å². The van der Waals surface area contributed by atoms with Crippen LogP contribution in [-0.2, 0) is 16.8 Å². The van der Waals surface area contributed by atoms with Crippen LogP contribution in [0.25, 0.3) is 0 Å². The fourth-order valence-corrected chi connectivity index (χ4v) is 3.47. The number of likely N-dealkylation sites (tertiary alicyclic amines) is 1. The fourth-order valence-electron chi connectivity index (χ4n) is 3.47. The van der Waals surface area contributed by atoms with Crippen LogP contribution < -0.4 is 10.6 Å². The molecule has 0 bridgehead atoms. The van der Waals surface area contributed by atoms with Gasteiger partial charge in [0, 0.05) is 13.1 Å². The smallest absolute Gasteiger partial charge is 0.346 e. The molecule has 8 heteroatoms. The quantitative estimate of drug-likeness (QED) is 0.820. The van der Waals surface area contributed by atoms with Gasteiger partial charge in [-0.15, -0.1) is 0 Å². The Kier molecular flexibility index (Phi) is 4.15. The second-order valence-electron chi connectivity index (χ2n) is 6.23. The molecule has 2 aliphatic heterocycles. The Morgan fingerprint density at radius 2 is 1.92 bits per heavy atom. The Bertz CT molecular complexity index is 652. The van der Waals surface area contributed by atoms with E-state index in [0.29, 0.717) is 19.3 Å². The molecule has 0 atom stereocenters. The number of fused-ring (bicyclic) bond motifs is 2. The third kappa shape index (κ3) is 3.32. The van der Waals surface area contributed by atoms with Crippen molar-refractivity contribution in [3.63, 3.8) is 0 Å². The maximum Gasteiger partial charge on any atom is 0.405 e. The van der Waals surface area contributed by atoms with Crippen LogP contribution in [-0.4, -0.2) is 42.6 Å². The molecule has 1 aromatic carbocycles. The second-order valence-corrected chi connectivity index (χ2v) is 6.23. The number of benzene rings is 1. The number of hydrogen-bond acceptors (Lipinski definition) is 2. The standard InChI is InChI=1S/C16H18F3N3O2/c17-16(18,19)10-20-14(24)22-7-5-15(6-8-22)12-4-2-1-3-11(12)9-13(23)21-15/h1-4H,5-10H2,(H,20,24)(H,21,23). The second kappa shape index (κ2) is 5.99. The number of piperidine rings is 1. The zero-order chi connectivity index (χ0) is 17.4. The number of alkyl halides is 3. The van der Waals surface area contributed by atoms with Gasteiger partial charge >= 0.3 is 12.2 Å². The number of nitrogens with zero attached hydrogens (tertiary/aromatic N) is 1. The molecule has 0 aromatic heterocycles. The summed E-state index contributed by atoms with van der Waals surface area (Å²) in [6.07, 6.45) is -3.14. The summed E-state index contributed by atoms with van der Waals surface area (Å²) in [7, 11) is 0. The average molecular weight is 341 g/mol. The van der Waals surface area contributed by atoms with E-state index in [0.717, 1.165) is 11.1 Å². The number of carbonyl (C=O) groups is 2. The van der Waals surface area contributed by atoms with Gasteiger partial charge in [0.15, 0.2) is 0 Å². The van der Waals surface area contributed by atoms with Crippen LogP contribution in [0.1, 0.15) is 24.0 Å². The van der Waals surface area contributed by atoms with Crippen LogP contribution in [0.5, 0.6) is 0 Å². The number of urea groups is 1. The Hall–Kier alpha value is -2.25. The molecule has 3 rings (SSSR count). The summed E-state index contributed by atoms with van der Waals surface area (Å²) in [6, 6.07) is 6.94. The number of amides is 3. The Balaban J connectivity index is 1.69. The van der Waals surface area contributed by atoms with Gasteiger partial charge in [0.1, 0.15) is 6.54 Å². The first-order chi connectivity index (χ1) is 11.3. The molecule has 3 amide bonds. The van der Waals surface area contributed by atoms with Gasteiger partial charge in [-0.2, -0.15) is 13.2 Å². The van der Waals surface area contributed by atoms with E-state index < -0.39 is 24.3 Å². The highest BCUT2D eigenvalue weighted by molar-refractivity contribution is 5.82. The van der Waals surface area contributed by atoms with E-state index in [1.54, 1.807) is 0 Å². The van der Waals surface area contributed by atoms with E-state index in [-0.39, 0.29) is 19.0 Å². The summed E-state index contributed by atoms with van der Waals surface area (Å²) in [5.74, 6) is -0.0660. The van der Waals surface area contributed by atoms with E-state index in [4.69, 9.17) is 0 Å². The summed E-state index contributed by atoms with van der Waals surface area (Å²) in [4.78, 5) is 25.2. The molecule has 0 aliphatic carbocycles. The third-order valence-electron chi connectivity index (χ3n) is 4.61. The van der Waals surface area contributed by atoms with Crippen molar-refractivity contribution in [3.05, 3.63) is 35.4 Å². The highest BCUT2D eigenvalue weighted by Crippen LogP contribution is 2.37. The summed E-state index contributed by atoms with van der Waals surface area (Å²) in [5, 5.41) is 4.91. The van der Waals surface area contributed by atoms with Crippen LogP contribution in [0, 0.1) is 0 Å². The van der Waals surface area contributed by atoms with Crippen molar-refractivity contribution in [1.82, 2.24) is 15.5 Å². The van der Waals surface area contributed by atoms with Crippen LogP contribution in [0.15, 0.2) is 24.3 Å². The zero-order valence-electron chi connectivity index (χ0n) is 12.9. The molecule has 2 heterocycles. The maximum atomic E-state index is 12.2. The van der Waals surface area contributed by atoms with Gasteiger partial charge < -0.3 is 15.5 Å². The first kappa shape index (κ1) is 16.6. The molecule has 1 aromatic rings. The van der Waals surface area contributed by atoms with E-state index in [9.17, 15) is 22.8 Å². The molecule has 5 nitrogen and oxygen atoms in total. The molecule has 0 radical (unpaired) electrons. The van der Waals surface area contributed by atoms with Crippen molar-refractivity contribution in [2.45, 2.75) is 31.0 Å². The van der Waals surface area contributed by atoms with Crippen molar-refractivity contribution in [2.75, 3.05) is 19.6 Å². The van der Waals surface area contributed by atoms with Gasteiger partial charge in [0.25, 0.3) is 0 Å². The number of rotatable bonds is 1. The molecular weight excluding hydrogens is 323 g/mol. The van der Waals surface area contributed by atoms with Crippen molar-refractivity contribution in [2.24, 2.45) is 0 Å². The van der Waals surface area contributed by atoms with Gasteiger partial charge in [-0.1, -0.05) is 24.3 Å². The van der Waals surface area contributed by atoms with Crippen LogP contribution in [0.2, 0.25) is 0 Å². The SMILES string of the molecule is O=C1Cc2ccccc2C2(CCN(C(=O)NCC(F)(F)F)CC2)N1. The molecule has 1 fully saturated rings. The Morgan fingerprint density at radius 1 is 1.25 bits per heavy atom. The number of halogens is 3. The van der Waals surface area contributed by atoms with Gasteiger partial charge in [0.2, 0.25) is 5.91 Å². The largest absolute Gasteiger partial charge is 0.405 e. The molecule has 130 valence electrons. The number of hydrogen-bond donors (Lipinski definition) is 2. The zero-order valence-corrected chi connectivity index (χ0v) is 12.9. The Labute approximate surface area is 137 Å². The van der Waals surface area contributed by atoms with Gasteiger partial charge in [-0.05, 0) is 24.0 Å². The minimum Gasteiger partial charge on any atom is -0.346 e. The van der Waals surface area contributed by atoms with Gasteiger partial charge in [-0.3, -0.25) is 4.79 Å². The molecule has 1 spiro atoms. The maximum absolute atomic E-state index is 12.2. The number of carbonyl (C=O) groups excluding carboxylic acids is 2. The van der Waals surface area contributed by atoms with E-state index >= 15 is 0 Å². The molecule has 2 N–H and O–H groups in total. The lowest BCUT2D eigenvalue weighted by molar-refractivity contribution is -0.125. The summed E-state index contributed by atoms with van der Waals surface area (Å²) < 4.78 is 36.6. The first-order valence-corrected chi connectivity index (χ1v) is 7.78. The lowest BCUT2D eigenvalue weighted by Gasteiger charge is -2.45. The average Bonchev–Trinajstić information content (AvgIpc) is 2.52. The number of nitrogens with one attached hydrogen (secondary N) is 2. The van der Waals surface area contributed by atoms with Crippen molar-refractivity contribution < 1.29 is 22.8 Å². The fraction of sp³-hybridized carbons (Fsp3) is 0.500. The monoisotopic (exact) mass is 341 g/mol. The normalized spacial score (nSPS) is 19.6. The molecule has 24 heavy (non-hydrogen) atoms. The lowest BCUT2D eigenvalue weighted by atomic mass is 9.76. The van der Waals surface area contributed by atoms with Crippen LogP contribution in [0.4, 0.5) is 18.0 Å².